The number of anilines is 1. The Bertz CT molecular complexity index is 4290. The van der Waals surface area contributed by atoms with Crippen LogP contribution in [-0.4, -0.2) is 252 Å². The van der Waals surface area contributed by atoms with Crippen LogP contribution in [0.5, 0.6) is 0 Å². The van der Waals surface area contributed by atoms with E-state index >= 15 is 4.79 Å². The van der Waals surface area contributed by atoms with Crippen LogP contribution >= 0.6 is 0 Å². The number of nitrogen functional groups attached to an aromatic ring is 1. The summed E-state index contributed by atoms with van der Waals surface area (Å²) >= 11 is 0. The Labute approximate surface area is 586 Å². The van der Waals surface area contributed by atoms with E-state index in [-0.39, 0.29) is 122 Å². The molecule has 0 spiro atoms. The number of ether oxygens (including phenoxy) is 8. The number of piperazine rings is 1. The van der Waals surface area contributed by atoms with E-state index in [1.165, 1.54) is 39.5 Å². The number of imide groups is 1. The van der Waals surface area contributed by atoms with Gasteiger partial charge in [0.15, 0.2) is 6.54 Å². The molecule has 31 nitrogen and oxygen atoms in total. The highest BCUT2D eigenvalue weighted by molar-refractivity contribution is 7.89. The number of amides is 4. The number of hydrogen-bond acceptors (Lipinski definition) is 25. The van der Waals surface area contributed by atoms with E-state index in [2.05, 4.69) is 0 Å². The maximum Gasteiger partial charge on any atom is 0.425 e. The molecular weight excluding hydrogens is 1410 g/mol. The minimum absolute atomic E-state index is 0.00710. The third-order valence-corrected chi connectivity index (χ3v) is 20.7. The Morgan fingerprint density at radius 2 is 1.05 bits per heavy atom. The molecule has 0 unspecified atom stereocenters. The molecule has 1 aromatic heterocycles. The van der Waals surface area contributed by atoms with E-state index in [0.29, 0.717) is 132 Å². The molecule has 2 aliphatic rings. The molecule has 101 heavy (non-hydrogen) atoms. The lowest BCUT2D eigenvalue weighted by atomic mass is 9.93. The number of rotatable bonds is 43. The van der Waals surface area contributed by atoms with E-state index in [0.717, 1.165) is 15.9 Å². The van der Waals surface area contributed by atoms with E-state index in [1.54, 1.807) is 60.7 Å². The first-order valence-corrected chi connectivity index (χ1v) is 37.8. The van der Waals surface area contributed by atoms with Gasteiger partial charge in [-0.2, -0.15) is 8.87 Å². The molecule has 5 aromatic carbocycles. The number of para-hydroxylation sites is 2. The lowest BCUT2D eigenvalue weighted by Crippen LogP contribution is -2.54. The van der Waals surface area contributed by atoms with Crippen molar-refractivity contribution in [2.45, 2.75) is 61.8 Å². The summed E-state index contributed by atoms with van der Waals surface area (Å²) in [4.78, 5) is 81.0. The minimum Gasteiger partial charge on any atom is -0.744 e. The number of ketones is 1. The fraction of sp³-hybridized carbons (Fsp3) is 0.470. The predicted octanol–water partition coefficient (Wildman–Crippen LogP) is 2.95. The lowest BCUT2D eigenvalue weighted by Gasteiger charge is -2.35. The standard InChI is InChI=1S/C66H82N6O22S3.O3S/c1-48-18-20-50(21-19-48)96(82,83)72(24-7-10-49(73)11-8-29-87-31-33-89-35-37-91-39-41-93-43-44-94-42-40-92-38-36-90-34-32-88-30-22-60(75)76)66(79)62-51-12-2-4-16-56(51)70(57-17-5-3-13-52(57)62)23-9-45-95(80,81)69-27-25-68(26-28-69)59(74)47-71-64(77)54-15-6-14-53-61(54)55(65(71)78)46-58(63(53)67)97(84,85)86;1-4(2)3/h2-6,12-21,46H,7-11,22-45,47H2,1H3,(H3-,67,75,76,77,78,84,85,86);. The number of pyridine rings is 1. The van der Waals surface area contributed by atoms with Crippen molar-refractivity contribution in [2.75, 3.05) is 156 Å². The Balaban J connectivity index is 0.00000348. The summed E-state index contributed by atoms with van der Waals surface area (Å²) < 4.78 is 166. The largest absolute Gasteiger partial charge is 0.744 e. The number of carboxylic acids is 1. The Morgan fingerprint density at radius 1 is 0.584 bits per heavy atom. The van der Waals surface area contributed by atoms with Gasteiger partial charge >= 0.3 is 16.6 Å². The third-order valence-electron chi connectivity index (χ3n) is 16.1. The fourth-order valence-corrected chi connectivity index (χ4v) is 14.7. The second-order valence-electron chi connectivity index (χ2n) is 22.9. The molecule has 0 aliphatic carbocycles. The lowest BCUT2D eigenvalue weighted by molar-refractivity contribution is -0.645. The first-order valence-electron chi connectivity index (χ1n) is 32.4. The second kappa shape index (κ2) is 39.5. The summed E-state index contributed by atoms with van der Waals surface area (Å²) in [6.07, 6.45) is 0.674. The van der Waals surface area contributed by atoms with E-state index in [4.69, 9.17) is 61.4 Å². The van der Waals surface area contributed by atoms with Crippen LogP contribution < -0.4 is 10.3 Å². The van der Waals surface area contributed by atoms with Gasteiger partial charge in [0.1, 0.15) is 22.4 Å². The molecular formula is C66H82N6O25S4. The van der Waals surface area contributed by atoms with Gasteiger partial charge in [0, 0.05) is 87.1 Å². The van der Waals surface area contributed by atoms with Crippen LogP contribution in [0.4, 0.5) is 5.69 Å². The smallest absolute Gasteiger partial charge is 0.425 e. The molecule has 4 amide bonds. The van der Waals surface area contributed by atoms with Gasteiger partial charge in [-0.25, -0.2) is 29.6 Å². The van der Waals surface area contributed by atoms with Crippen LogP contribution in [-0.2, 0) is 99.6 Å². The van der Waals surface area contributed by atoms with E-state index in [1.807, 2.05) is 11.5 Å². The number of aryl methyl sites for hydroxylation is 2. The van der Waals surface area contributed by atoms with Crippen molar-refractivity contribution in [3.05, 3.63) is 119 Å². The molecule has 1 fully saturated rings. The average Bonchev–Trinajstić information content (AvgIpc) is 0.735. The summed E-state index contributed by atoms with van der Waals surface area (Å²) in [6, 6.07) is 25.0. The first kappa shape index (κ1) is 80.4. The van der Waals surface area contributed by atoms with Gasteiger partial charge in [-0.3, -0.25) is 33.7 Å². The van der Waals surface area contributed by atoms with Crippen molar-refractivity contribution < 1.29 is 119 Å². The van der Waals surface area contributed by atoms with Crippen molar-refractivity contribution in [1.29, 1.82) is 0 Å². The highest BCUT2D eigenvalue weighted by atomic mass is 32.2. The summed E-state index contributed by atoms with van der Waals surface area (Å²) in [5.41, 5.74) is 7.23. The number of nitrogens with zero attached hydrogens (tertiary/aromatic N) is 5. The van der Waals surface area contributed by atoms with Gasteiger partial charge in [0.2, 0.25) is 27.0 Å². The fourth-order valence-electron chi connectivity index (χ4n) is 11.1. The Kier molecular flexibility index (Phi) is 31.5. The SMILES string of the molecule is Cc1ccc(S(=O)(=O)N(CCCC(=O)CCCOCCOCCOCCOCCOCCOCCOCCOCCC(=O)O)C(=O)c2c3ccccc3[n+](CCCS(=O)(=O)N3CCN(C(=O)CN4C(=O)c5cccc6c(N)c(S(=O)(=O)[O-])cc(c56)C4=O)CC3)c3ccccc23)cc1.O=S(=O)=O. The first-order chi connectivity index (χ1) is 48.3. The number of benzene rings is 5. The number of carbonyl (C=O) groups excluding carboxylic acids is 5. The average molecular weight is 1490 g/mol. The number of carbonyl (C=O) groups is 6. The van der Waals surface area contributed by atoms with Crippen LogP contribution in [0.25, 0.3) is 32.6 Å². The summed E-state index contributed by atoms with van der Waals surface area (Å²) in [5.74, 6) is -4.68. The zero-order chi connectivity index (χ0) is 73.1. The quantitative estimate of drug-likeness (QED) is 0.0139. The van der Waals surface area contributed by atoms with Crippen molar-refractivity contribution in [3.8, 4) is 0 Å². The van der Waals surface area contributed by atoms with Crippen molar-refractivity contribution >= 4 is 114 Å². The van der Waals surface area contributed by atoms with Gasteiger partial charge in [-0.05, 0) is 56.2 Å². The van der Waals surface area contributed by atoms with Crippen molar-refractivity contribution in [1.82, 2.24) is 18.4 Å². The molecule has 0 bridgehead atoms. The molecule has 6 aromatic rings. The molecule has 1 saturated heterocycles. The van der Waals surface area contributed by atoms with Crippen LogP contribution in [0, 0.1) is 6.92 Å². The highest BCUT2D eigenvalue weighted by Gasteiger charge is 2.39. The van der Waals surface area contributed by atoms with Gasteiger partial charge in [0.25, 0.3) is 27.7 Å². The molecule has 2 aliphatic heterocycles. The number of nitrogens with two attached hydrogens (primary N) is 1. The number of aromatic nitrogens is 1. The van der Waals surface area contributed by atoms with Crippen LogP contribution in [0.3, 0.4) is 0 Å². The molecule has 8 rings (SSSR count). The number of Topliss-reactive ketones (excluding diaryl/α,β-unsaturated/α-hetero) is 1. The molecule has 0 atom stereocenters. The third kappa shape index (κ3) is 23.3. The number of fused-ring (bicyclic) bond motifs is 2. The molecule has 3 N–H and O–H groups in total. The topological polar surface area (TPSA) is 416 Å². The molecule has 35 heteroatoms. The normalized spacial score (nSPS) is 13.6. The summed E-state index contributed by atoms with van der Waals surface area (Å²) in [6.45, 7) is 6.19. The van der Waals surface area contributed by atoms with Gasteiger partial charge < -0.3 is 58.2 Å². The monoisotopic (exact) mass is 1490 g/mol. The number of sulfonamides is 2. The highest BCUT2D eigenvalue weighted by Crippen LogP contribution is 2.37. The van der Waals surface area contributed by atoms with E-state index in [9.17, 15) is 53.8 Å². The zero-order valence-electron chi connectivity index (χ0n) is 55.6. The van der Waals surface area contributed by atoms with Crippen LogP contribution in [0.2, 0.25) is 0 Å². The maximum absolute atomic E-state index is 15.2. The Morgan fingerprint density at radius 3 is 1.55 bits per heavy atom. The van der Waals surface area contributed by atoms with Crippen molar-refractivity contribution in [2.24, 2.45) is 0 Å². The van der Waals surface area contributed by atoms with Gasteiger partial charge in [-0.1, -0.05) is 54.1 Å². The van der Waals surface area contributed by atoms with E-state index < -0.39 is 87.5 Å². The zero-order valence-corrected chi connectivity index (χ0v) is 58.9. The molecule has 0 radical (unpaired) electrons. The van der Waals surface area contributed by atoms with Gasteiger partial charge in [-0.15, -0.1) is 12.6 Å². The summed E-state index contributed by atoms with van der Waals surface area (Å²) in [7, 11) is -16.7. The van der Waals surface area contributed by atoms with Crippen LogP contribution in [0.1, 0.15) is 75.2 Å². The second-order valence-corrected chi connectivity index (χ2v) is 28.6. The Hall–Kier alpha value is -7.88. The van der Waals surface area contributed by atoms with Crippen molar-refractivity contribution in [3.63, 3.8) is 0 Å². The minimum atomic E-state index is -5.14. The van der Waals surface area contributed by atoms with Gasteiger partial charge in [0.05, 0.1) is 149 Å². The maximum atomic E-state index is 15.2. The number of aliphatic carboxylic acids is 1. The molecule has 3 heterocycles. The number of hydrogen-bond donors (Lipinski definition) is 2. The molecule has 0 saturated carbocycles. The predicted molar refractivity (Wildman–Crippen MR) is 361 cm³/mol. The summed E-state index contributed by atoms with van der Waals surface area (Å²) in [5, 5.41) is 9.46. The number of carboxylic acid groups (broad SMARTS) is 1. The van der Waals surface area contributed by atoms with Crippen LogP contribution in [0.15, 0.2) is 107 Å². The molecule has 550 valence electrons.